The van der Waals surface area contributed by atoms with Crippen molar-refractivity contribution in [1.29, 1.82) is 0 Å². The van der Waals surface area contributed by atoms with E-state index in [2.05, 4.69) is 17.1 Å². The van der Waals surface area contributed by atoms with Crippen molar-refractivity contribution in [2.24, 2.45) is 0 Å². The first-order chi connectivity index (χ1) is 14.3. The van der Waals surface area contributed by atoms with Crippen LogP contribution in [0.25, 0.3) is 0 Å². The second-order valence-electron chi connectivity index (χ2n) is 7.60. The van der Waals surface area contributed by atoms with Gasteiger partial charge in [-0.15, -0.1) is 0 Å². The van der Waals surface area contributed by atoms with Crippen LogP contribution in [0.2, 0.25) is 5.02 Å². The van der Waals surface area contributed by atoms with Crippen molar-refractivity contribution in [3.05, 3.63) is 58.6 Å². The van der Waals surface area contributed by atoms with E-state index < -0.39 is 15.9 Å². The van der Waals surface area contributed by atoms with Crippen molar-refractivity contribution < 1.29 is 13.2 Å². The first-order valence-electron chi connectivity index (χ1n) is 10.2. The van der Waals surface area contributed by atoms with Crippen LogP contribution in [0.4, 0.5) is 5.69 Å². The number of rotatable bonds is 7. The highest BCUT2D eigenvalue weighted by molar-refractivity contribution is 7.89. The van der Waals surface area contributed by atoms with Crippen LogP contribution < -0.4 is 5.32 Å². The molecular formula is C22H28ClN3O3S. The number of unbranched alkanes of at least 4 members (excludes halogenated alkanes) is 1. The first-order valence-corrected chi connectivity index (χ1v) is 12.0. The smallest absolute Gasteiger partial charge is 0.257 e. The van der Waals surface area contributed by atoms with E-state index in [4.69, 9.17) is 11.6 Å². The highest BCUT2D eigenvalue weighted by atomic mass is 35.5. The van der Waals surface area contributed by atoms with Gasteiger partial charge in [-0.25, -0.2) is 8.42 Å². The van der Waals surface area contributed by atoms with E-state index >= 15 is 0 Å². The van der Waals surface area contributed by atoms with Gasteiger partial charge in [0.05, 0.1) is 15.5 Å². The number of likely N-dealkylation sites (N-methyl/N-ethyl adjacent to an activating group) is 1. The minimum Gasteiger partial charge on any atom is -0.322 e. The summed E-state index contributed by atoms with van der Waals surface area (Å²) in [6.45, 7) is 4.35. The number of hydrogen-bond donors (Lipinski definition) is 1. The van der Waals surface area contributed by atoms with Gasteiger partial charge < -0.3 is 10.2 Å². The van der Waals surface area contributed by atoms with Gasteiger partial charge in [-0.1, -0.05) is 37.1 Å². The van der Waals surface area contributed by atoms with Gasteiger partial charge in [-0.2, -0.15) is 4.31 Å². The van der Waals surface area contributed by atoms with Crippen LogP contribution in [0.1, 0.15) is 35.7 Å². The number of carbonyl (C=O) groups excluding carboxylic acids is 1. The number of piperazine rings is 1. The molecule has 0 aliphatic carbocycles. The summed E-state index contributed by atoms with van der Waals surface area (Å²) in [5.41, 5.74) is 2.00. The van der Waals surface area contributed by atoms with Crippen molar-refractivity contribution in [1.82, 2.24) is 9.21 Å². The molecule has 1 N–H and O–H groups in total. The zero-order chi connectivity index (χ0) is 21.7. The quantitative estimate of drug-likeness (QED) is 0.696. The molecule has 0 saturated carbocycles. The SMILES string of the molecule is CCCCc1ccc(NC(=O)c2cc(S(=O)(=O)N3CCN(C)CC3)ccc2Cl)cc1. The number of nitrogens with zero attached hydrogens (tertiary/aromatic N) is 2. The van der Waals surface area contributed by atoms with Crippen LogP contribution >= 0.6 is 11.6 Å². The lowest BCUT2D eigenvalue weighted by molar-refractivity contribution is 0.102. The average molecular weight is 450 g/mol. The van der Waals surface area contributed by atoms with Crippen LogP contribution in [0.5, 0.6) is 0 Å². The molecule has 6 nitrogen and oxygen atoms in total. The van der Waals surface area contributed by atoms with Crippen LogP contribution in [0.15, 0.2) is 47.4 Å². The van der Waals surface area contributed by atoms with Crippen LogP contribution in [-0.2, 0) is 16.4 Å². The molecule has 162 valence electrons. The molecule has 1 aliphatic rings. The molecule has 0 atom stereocenters. The molecule has 1 saturated heterocycles. The zero-order valence-corrected chi connectivity index (χ0v) is 19.0. The molecule has 1 aliphatic heterocycles. The van der Waals surface area contributed by atoms with Gasteiger partial charge in [0.15, 0.2) is 0 Å². The van der Waals surface area contributed by atoms with E-state index in [1.165, 1.54) is 28.1 Å². The predicted octanol–water partition coefficient (Wildman–Crippen LogP) is 3.87. The lowest BCUT2D eigenvalue weighted by Crippen LogP contribution is -2.47. The Bertz CT molecular complexity index is 985. The molecule has 8 heteroatoms. The lowest BCUT2D eigenvalue weighted by Gasteiger charge is -2.31. The van der Waals surface area contributed by atoms with E-state index in [-0.39, 0.29) is 15.5 Å². The Kier molecular flexibility index (Phi) is 7.52. The summed E-state index contributed by atoms with van der Waals surface area (Å²) in [6.07, 6.45) is 3.25. The molecule has 3 rings (SSSR count). The van der Waals surface area contributed by atoms with Gasteiger partial charge in [0, 0.05) is 31.9 Å². The maximum absolute atomic E-state index is 13.0. The molecule has 0 spiro atoms. The van der Waals surface area contributed by atoms with Gasteiger partial charge in [-0.05, 0) is 55.8 Å². The number of amides is 1. The highest BCUT2D eigenvalue weighted by Crippen LogP contribution is 2.25. The van der Waals surface area contributed by atoms with Crippen LogP contribution in [0, 0.1) is 0 Å². The van der Waals surface area contributed by atoms with Gasteiger partial charge in [0.25, 0.3) is 5.91 Å². The van der Waals surface area contributed by atoms with Crippen molar-refractivity contribution in [3.63, 3.8) is 0 Å². The number of nitrogens with one attached hydrogen (secondary N) is 1. The normalized spacial score (nSPS) is 15.8. The molecule has 30 heavy (non-hydrogen) atoms. The maximum atomic E-state index is 13.0. The van der Waals surface area contributed by atoms with E-state index in [0.717, 1.165) is 19.3 Å². The fourth-order valence-electron chi connectivity index (χ4n) is 3.35. The van der Waals surface area contributed by atoms with Crippen molar-refractivity contribution in [2.75, 3.05) is 38.5 Å². The fourth-order valence-corrected chi connectivity index (χ4v) is 5.00. The Labute approximate surface area is 183 Å². The van der Waals surface area contributed by atoms with Crippen LogP contribution in [-0.4, -0.2) is 56.8 Å². The predicted molar refractivity (Wildman–Crippen MR) is 121 cm³/mol. The Balaban J connectivity index is 1.76. The molecule has 1 amide bonds. The molecule has 1 heterocycles. The molecule has 1 fully saturated rings. The summed E-state index contributed by atoms with van der Waals surface area (Å²) in [4.78, 5) is 14.9. The number of anilines is 1. The minimum atomic E-state index is -3.68. The van der Waals surface area contributed by atoms with Gasteiger partial charge in [-0.3, -0.25) is 4.79 Å². The van der Waals surface area contributed by atoms with Crippen molar-refractivity contribution >= 4 is 33.2 Å². The van der Waals surface area contributed by atoms with Crippen molar-refractivity contribution in [3.8, 4) is 0 Å². The third-order valence-corrected chi connectivity index (χ3v) is 7.54. The van der Waals surface area contributed by atoms with Gasteiger partial charge >= 0.3 is 0 Å². The van der Waals surface area contributed by atoms with E-state index in [0.29, 0.717) is 31.9 Å². The number of sulfonamides is 1. The second-order valence-corrected chi connectivity index (χ2v) is 9.95. The number of halogens is 1. The topological polar surface area (TPSA) is 69.7 Å². The minimum absolute atomic E-state index is 0.0801. The molecule has 2 aromatic carbocycles. The second kappa shape index (κ2) is 9.92. The zero-order valence-electron chi connectivity index (χ0n) is 17.4. The number of hydrogen-bond acceptors (Lipinski definition) is 4. The van der Waals surface area contributed by atoms with Crippen LogP contribution in [0.3, 0.4) is 0 Å². The Hall–Kier alpha value is -1.93. The van der Waals surface area contributed by atoms with E-state index in [9.17, 15) is 13.2 Å². The number of benzene rings is 2. The first kappa shape index (κ1) is 22.7. The molecule has 0 aromatic heterocycles. The fraction of sp³-hybridized carbons (Fsp3) is 0.409. The van der Waals surface area contributed by atoms with E-state index in [1.807, 2.05) is 31.3 Å². The molecule has 0 unspecified atom stereocenters. The molecule has 2 aromatic rings. The van der Waals surface area contributed by atoms with Gasteiger partial charge in [0.2, 0.25) is 10.0 Å². The molecule has 0 radical (unpaired) electrons. The summed E-state index contributed by atoms with van der Waals surface area (Å²) in [5, 5.41) is 3.02. The summed E-state index contributed by atoms with van der Waals surface area (Å²) in [5.74, 6) is -0.434. The summed E-state index contributed by atoms with van der Waals surface area (Å²) < 4.78 is 27.4. The highest BCUT2D eigenvalue weighted by Gasteiger charge is 2.28. The maximum Gasteiger partial charge on any atom is 0.257 e. The third-order valence-electron chi connectivity index (χ3n) is 5.31. The number of carbonyl (C=O) groups is 1. The Morgan fingerprint density at radius 3 is 2.37 bits per heavy atom. The lowest BCUT2D eigenvalue weighted by atomic mass is 10.1. The summed E-state index contributed by atoms with van der Waals surface area (Å²) in [6, 6.07) is 12.0. The average Bonchev–Trinajstić information content (AvgIpc) is 2.73. The molecular weight excluding hydrogens is 422 g/mol. The Morgan fingerprint density at radius 1 is 1.07 bits per heavy atom. The largest absolute Gasteiger partial charge is 0.322 e. The summed E-state index contributed by atoms with van der Waals surface area (Å²) in [7, 11) is -1.71. The van der Waals surface area contributed by atoms with Gasteiger partial charge in [0.1, 0.15) is 0 Å². The third kappa shape index (κ3) is 5.40. The van der Waals surface area contributed by atoms with E-state index in [1.54, 1.807) is 0 Å². The summed E-state index contributed by atoms with van der Waals surface area (Å²) >= 11 is 6.22. The molecule has 0 bridgehead atoms. The monoisotopic (exact) mass is 449 g/mol. The van der Waals surface area contributed by atoms with Crippen molar-refractivity contribution in [2.45, 2.75) is 31.1 Å². The Morgan fingerprint density at radius 2 is 1.73 bits per heavy atom. The standard InChI is InChI=1S/C22H28ClN3O3S/c1-3-4-5-17-6-8-18(9-7-17)24-22(27)20-16-19(10-11-21(20)23)30(28,29)26-14-12-25(2)13-15-26/h6-11,16H,3-5,12-15H2,1-2H3,(H,24,27). The number of aryl methyl sites for hydroxylation is 1.